The number of carbonyl (C=O) groups excluding carboxylic acids is 2. The predicted molar refractivity (Wildman–Crippen MR) is 179 cm³/mol. The number of epoxide rings is 1. The number of rotatable bonds is 4. The van der Waals surface area contributed by atoms with Crippen LogP contribution in [0.15, 0.2) is 0 Å². The van der Waals surface area contributed by atoms with Crippen molar-refractivity contribution in [2.24, 2.45) is 50.7 Å². The normalized spacial score (nSPS) is 59.6. The van der Waals surface area contributed by atoms with E-state index in [0.717, 1.165) is 64.2 Å². The molecule has 6 saturated carbocycles. The van der Waals surface area contributed by atoms with Gasteiger partial charge in [-0.25, -0.2) is 0 Å². The molecule has 0 bridgehead atoms. The van der Waals surface area contributed by atoms with Crippen LogP contribution in [0.4, 0.5) is 0 Å². The molecule has 10 nitrogen and oxygen atoms in total. The van der Waals surface area contributed by atoms with E-state index in [1.165, 1.54) is 6.92 Å². The van der Waals surface area contributed by atoms with E-state index in [1.54, 1.807) is 6.92 Å². The molecular formula is C40H60O10. The molecule has 18 atom stereocenters. The monoisotopic (exact) mass is 700 g/mol. The molecule has 9 aliphatic rings. The van der Waals surface area contributed by atoms with Crippen molar-refractivity contribution >= 4 is 11.9 Å². The molecule has 0 aromatic rings. The van der Waals surface area contributed by atoms with Crippen LogP contribution in [-0.4, -0.2) is 89.0 Å². The number of aliphatic hydroxyl groups excluding tert-OH is 2. The van der Waals surface area contributed by atoms with Crippen molar-refractivity contribution in [2.75, 3.05) is 6.61 Å². The van der Waals surface area contributed by atoms with Crippen LogP contribution in [0.25, 0.3) is 0 Å². The molecule has 0 amide bonds. The molecule has 6 aliphatic carbocycles. The standard InChI is InChI=1S/C40H60O10/c1-20-15-40(14-13-36(7)33(40)50-36)49-24-16-35(6)26-10-9-25-34(4,5)27(48-32-30(44)31(47-22(3)42)23(43)18-45-32)11-12-38(25)19-39(26,38)17-28(46-21(2)41)37(35,8)29(20)24/h20,23-33,43-44H,9-19H2,1-8H3/t20-,23-,24+,25+,26+,27+,28-,29+,30-,31+,32+,33+,35+,36+,37-,38-,39+,40-/m1/s1. The van der Waals surface area contributed by atoms with Gasteiger partial charge in [-0.3, -0.25) is 9.59 Å². The third-order valence-electron chi connectivity index (χ3n) is 17.5. The molecule has 9 rings (SSSR count). The van der Waals surface area contributed by atoms with Gasteiger partial charge in [-0.05, 0) is 116 Å². The second kappa shape index (κ2) is 10.5. The third kappa shape index (κ3) is 4.18. The fourth-order valence-corrected chi connectivity index (χ4v) is 15.5. The molecular weight excluding hydrogens is 640 g/mol. The highest BCUT2D eigenvalue weighted by molar-refractivity contribution is 5.66. The van der Waals surface area contributed by atoms with Crippen molar-refractivity contribution < 1.29 is 48.2 Å². The summed E-state index contributed by atoms with van der Waals surface area (Å²) < 4.78 is 37.9. The molecule has 0 unspecified atom stereocenters. The van der Waals surface area contributed by atoms with E-state index in [4.69, 9.17) is 28.4 Å². The Morgan fingerprint density at radius 3 is 2.18 bits per heavy atom. The molecule has 3 saturated heterocycles. The zero-order valence-electron chi connectivity index (χ0n) is 31.4. The van der Waals surface area contributed by atoms with Gasteiger partial charge in [0, 0.05) is 19.3 Å². The average Bonchev–Trinajstić information content (AvgIpc) is 3.84. The minimum absolute atomic E-state index is 0.0172. The van der Waals surface area contributed by atoms with Crippen molar-refractivity contribution in [2.45, 2.75) is 180 Å². The first-order chi connectivity index (χ1) is 23.4. The molecule has 0 aromatic heterocycles. The molecule has 9 fully saturated rings. The lowest BCUT2D eigenvalue weighted by molar-refractivity contribution is -0.305. The SMILES string of the molecule is CC(=O)O[C@@H]1[C@@H](O)[C@H](O[C@H]2CC[C@]34C[C@]35C[C@@H](OC(C)=O)[C@]3(C)[C@H]6[C@H](C)C[C@@]7(CC[C@]8(C)O[C@H]78)O[C@H]6C[C@@]3(C)[C@@H]5CC[C@H]4C2(C)C)OC[C@H]1O. The van der Waals surface area contributed by atoms with Gasteiger partial charge in [0.1, 0.15) is 24.4 Å². The summed E-state index contributed by atoms with van der Waals surface area (Å²) in [5, 5.41) is 21.5. The minimum atomic E-state index is -1.28. The zero-order valence-corrected chi connectivity index (χ0v) is 31.4. The van der Waals surface area contributed by atoms with Gasteiger partial charge >= 0.3 is 11.9 Å². The van der Waals surface area contributed by atoms with Gasteiger partial charge in [-0.1, -0.05) is 34.6 Å². The van der Waals surface area contributed by atoms with Gasteiger partial charge in [-0.2, -0.15) is 0 Å². The van der Waals surface area contributed by atoms with Gasteiger partial charge in [0.25, 0.3) is 0 Å². The van der Waals surface area contributed by atoms with Gasteiger partial charge in [0.05, 0.1) is 30.0 Å². The molecule has 3 heterocycles. The quantitative estimate of drug-likeness (QED) is 0.232. The molecule has 3 spiro atoms. The van der Waals surface area contributed by atoms with Crippen LogP contribution >= 0.6 is 0 Å². The third-order valence-corrected chi connectivity index (χ3v) is 17.5. The maximum Gasteiger partial charge on any atom is 0.303 e. The lowest BCUT2D eigenvalue weighted by Gasteiger charge is -2.65. The second-order valence-corrected chi connectivity index (χ2v) is 19.9. The smallest absolute Gasteiger partial charge is 0.303 e. The molecule has 3 aliphatic heterocycles. The fourth-order valence-electron chi connectivity index (χ4n) is 15.5. The maximum absolute atomic E-state index is 12.9. The number of fused-ring (bicyclic) bond motifs is 6. The molecule has 50 heavy (non-hydrogen) atoms. The summed E-state index contributed by atoms with van der Waals surface area (Å²) in [6, 6.07) is 0. The largest absolute Gasteiger partial charge is 0.462 e. The molecule has 2 N–H and O–H groups in total. The van der Waals surface area contributed by atoms with Gasteiger partial charge < -0.3 is 38.6 Å². The number of hydrogen-bond acceptors (Lipinski definition) is 10. The molecule has 10 heteroatoms. The van der Waals surface area contributed by atoms with E-state index in [9.17, 15) is 19.8 Å². The van der Waals surface area contributed by atoms with E-state index >= 15 is 0 Å². The van der Waals surface area contributed by atoms with Crippen LogP contribution < -0.4 is 0 Å². The minimum Gasteiger partial charge on any atom is -0.462 e. The summed E-state index contributed by atoms with van der Waals surface area (Å²) >= 11 is 0. The van der Waals surface area contributed by atoms with Crippen LogP contribution in [0.3, 0.4) is 0 Å². The van der Waals surface area contributed by atoms with Crippen molar-refractivity contribution in [1.82, 2.24) is 0 Å². The van der Waals surface area contributed by atoms with E-state index in [-0.39, 0.29) is 75.3 Å². The van der Waals surface area contributed by atoms with Crippen LogP contribution in [0, 0.1) is 50.7 Å². The Morgan fingerprint density at radius 1 is 0.800 bits per heavy atom. The Kier molecular flexibility index (Phi) is 7.21. The number of ether oxygens (including phenoxy) is 6. The second-order valence-electron chi connectivity index (χ2n) is 19.9. The Morgan fingerprint density at radius 2 is 1.52 bits per heavy atom. The summed E-state index contributed by atoms with van der Waals surface area (Å²) in [6.07, 6.45) is 5.87. The first kappa shape index (κ1) is 34.5. The van der Waals surface area contributed by atoms with E-state index in [1.807, 2.05) is 0 Å². The highest BCUT2D eigenvalue weighted by atomic mass is 16.7. The first-order valence-electron chi connectivity index (χ1n) is 19.7. The van der Waals surface area contributed by atoms with Crippen LogP contribution in [0.5, 0.6) is 0 Å². The Bertz CT molecular complexity index is 1470. The van der Waals surface area contributed by atoms with Gasteiger partial charge in [0.15, 0.2) is 12.4 Å². The van der Waals surface area contributed by atoms with Gasteiger partial charge in [-0.15, -0.1) is 0 Å². The lowest BCUT2D eigenvalue weighted by Crippen LogP contribution is -2.64. The molecule has 0 radical (unpaired) electrons. The predicted octanol–water partition coefficient (Wildman–Crippen LogP) is 5.09. The van der Waals surface area contributed by atoms with Crippen molar-refractivity contribution in [1.29, 1.82) is 0 Å². The van der Waals surface area contributed by atoms with E-state index in [2.05, 4.69) is 41.5 Å². The van der Waals surface area contributed by atoms with E-state index < -0.39 is 30.6 Å². The molecule has 280 valence electrons. The Hall–Kier alpha value is -1.30. The highest BCUT2D eigenvalue weighted by Crippen LogP contribution is 2.89. The number of hydrogen-bond donors (Lipinski definition) is 2. The molecule has 0 aromatic carbocycles. The summed E-state index contributed by atoms with van der Waals surface area (Å²) in [7, 11) is 0. The van der Waals surface area contributed by atoms with Crippen LogP contribution in [-0.2, 0) is 38.0 Å². The van der Waals surface area contributed by atoms with Crippen LogP contribution in [0.1, 0.15) is 120 Å². The fraction of sp³-hybridized carbons (Fsp3) is 0.950. The lowest BCUT2D eigenvalue weighted by atomic mass is 9.41. The van der Waals surface area contributed by atoms with Crippen molar-refractivity contribution in [3.05, 3.63) is 0 Å². The number of esters is 2. The van der Waals surface area contributed by atoms with Crippen molar-refractivity contribution in [3.63, 3.8) is 0 Å². The Balaban J connectivity index is 1.01. The van der Waals surface area contributed by atoms with E-state index in [0.29, 0.717) is 23.7 Å². The summed E-state index contributed by atoms with van der Waals surface area (Å²) in [6.45, 7) is 17.1. The topological polar surface area (TPSA) is 133 Å². The number of aliphatic hydroxyl groups is 2. The highest BCUT2D eigenvalue weighted by Gasteiger charge is 2.86. The summed E-state index contributed by atoms with van der Waals surface area (Å²) in [5.74, 6) is 0.961. The maximum atomic E-state index is 12.9. The Labute approximate surface area is 297 Å². The first-order valence-corrected chi connectivity index (χ1v) is 19.7. The van der Waals surface area contributed by atoms with Crippen molar-refractivity contribution in [3.8, 4) is 0 Å². The summed E-state index contributed by atoms with van der Waals surface area (Å²) in [5.41, 5.74) is -0.400. The van der Waals surface area contributed by atoms with Gasteiger partial charge in [0.2, 0.25) is 0 Å². The summed E-state index contributed by atoms with van der Waals surface area (Å²) in [4.78, 5) is 24.7. The van der Waals surface area contributed by atoms with Crippen LogP contribution in [0.2, 0.25) is 0 Å². The average molecular weight is 701 g/mol. The zero-order chi connectivity index (χ0) is 35.6. The number of carbonyl (C=O) groups is 2.